The van der Waals surface area contributed by atoms with Gasteiger partial charge in [-0.2, -0.15) is 4.31 Å². The first-order valence-corrected chi connectivity index (χ1v) is 6.55. The van der Waals surface area contributed by atoms with Gasteiger partial charge in [0.2, 0.25) is 10.0 Å². The molecule has 6 heteroatoms. The maximum Gasteiger partial charge on any atom is 0.243 e. The van der Waals surface area contributed by atoms with E-state index >= 15 is 0 Å². The van der Waals surface area contributed by atoms with Crippen molar-refractivity contribution in [3.63, 3.8) is 0 Å². The molecule has 17 heavy (non-hydrogen) atoms. The molecule has 0 heterocycles. The maximum atomic E-state index is 12.1. The van der Waals surface area contributed by atoms with Crippen molar-refractivity contribution in [3.05, 3.63) is 29.3 Å². The van der Waals surface area contributed by atoms with Crippen LogP contribution in [0.15, 0.2) is 23.1 Å². The van der Waals surface area contributed by atoms with Crippen LogP contribution < -0.4 is 5.73 Å². The zero-order valence-electron chi connectivity index (χ0n) is 10.2. The summed E-state index contributed by atoms with van der Waals surface area (Å²) in [5.74, 6) is -0.181. The molecular weight excluding hydrogens is 238 g/mol. The van der Waals surface area contributed by atoms with Crippen molar-refractivity contribution >= 4 is 15.9 Å². The Kier molecular flexibility index (Phi) is 3.90. The monoisotopic (exact) mass is 255 g/mol. The van der Waals surface area contributed by atoms with Crippen LogP contribution >= 0.6 is 0 Å². The average Bonchev–Trinajstić information content (AvgIpc) is 2.20. The van der Waals surface area contributed by atoms with Crippen molar-refractivity contribution < 1.29 is 8.42 Å². The van der Waals surface area contributed by atoms with Crippen LogP contribution in [0, 0.1) is 19.3 Å². The summed E-state index contributed by atoms with van der Waals surface area (Å²) in [5, 5.41) is 7.12. The standard InChI is InChI=1S/C11H17N3O2S/c1-8-4-5-10(6-9(8)2)17(15,16)14(3)7-11(12)13/h4-6H,7H2,1-3H3,(H3,12,13). The SMILES string of the molecule is Cc1ccc(S(=O)(=O)N(C)CC(=N)N)cc1C. The molecule has 0 radical (unpaired) electrons. The molecule has 0 atom stereocenters. The van der Waals surface area contributed by atoms with Crippen molar-refractivity contribution in [2.45, 2.75) is 18.7 Å². The van der Waals surface area contributed by atoms with Crippen LogP contribution in [0.3, 0.4) is 0 Å². The number of benzene rings is 1. The van der Waals surface area contributed by atoms with E-state index in [2.05, 4.69) is 0 Å². The first kappa shape index (κ1) is 13.7. The Bertz CT molecular complexity index is 538. The summed E-state index contributed by atoms with van der Waals surface area (Å²) < 4.78 is 25.3. The molecule has 0 spiro atoms. The molecule has 0 amide bonds. The molecule has 3 N–H and O–H groups in total. The maximum absolute atomic E-state index is 12.1. The lowest BCUT2D eigenvalue weighted by atomic mass is 10.1. The normalized spacial score (nSPS) is 11.8. The molecule has 0 aliphatic rings. The molecule has 1 aromatic rings. The van der Waals surface area contributed by atoms with Gasteiger partial charge in [0.1, 0.15) is 5.84 Å². The summed E-state index contributed by atoms with van der Waals surface area (Å²) in [6.45, 7) is 3.68. The van der Waals surface area contributed by atoms with Crippen LogP contribution in [-0.4, -0.2) is 32.2 Å². The number of likely N-dealkylation sites (N-methyl/N-ethyl adjacent to an activating group) is 1. The molecule has 94 valence electrons. The highest BCUT2D eigenvalue weighted by Crippen LogP contribution is 2.17. The minimum Gasteiger partial charge on any atom is -0.387 e. The summed E-state index contributed by atoms with van der Waals surface area (Å²) in [5.41, 5.74) is 7.16. The van der Waals surface area contributed by atoms with Gasteiger partial charge in [0.05, 0.1) is 11.4 Å². The lowest BCUT2D eigenvalue weighted by molar-refractivity contribution is 0.504. The Morgan fingerprint density at radius 2 is 1.94 bits per heavy atom. The third-order valence-electron chi connectivity index (χ3n) is 2.58. The third-order valence-corrected chi connectivity index (χ3v) is 4.38. The largest absolute Gasteiger partial charge is 0.387 e. The molecule has 0 saturated heterocycles. The molecule has 0 aliphatic carbocycles. The Balaban J connectivity index is 3.13. The van der Waals surface area contributed by atoms with E-state index in [1.54, 1.807) is 18.2 Å². The van der Waals surface area contributed by atoms with Crippen LogP contribution in [0.5, 0.6) is 0 Å². The van der Waals surface area contributed by atoms with Gasteiger partial charge in [-0.15, -0.1) is 0 Å². The van der Waals surface area contributed by atoms with Gasteiger partial charge < -0.3 is 5.73 Å². The van der Waals surface area contributed by atoms with E-state index in [4.69, 9.17) is 11.1 Å². The van der Waals surface area contributed by atoms with E-state index in [0.717, 1.165) is 15.4 Å². The topological polar surface area (TPSA) is 87.2 Å². The van der Waals surface area contributed by atoms with Gasteiger partial charge in [0.25, 0.3) is 0 Å². The lowest BCUT2D eigenvalue weighted by Gasteiger charge is -2.16. The van der Waals surface area contributed by atoms with E-state index in [9.17, 15) is 8.42 Å². The summed E-state index contributed by atoms with van der Waals surface area (Å²) >= 11 is 0. The van der Waals surface area contributed by atoms with Crippen molar-refractivity contribution in [1.82, 2.24) is 4.31 Å². The zero-order valence-corrected chi connectivity index (χ0v) is 11.0. The highest BCUT2D eigenvalue weighted by molar-refractivity contribution is 7.89. The molecular formula is C11H17N3O2S. The van der Waals surface area contributed by atoms with Crippen molar-refractivity contribution in [3.8, 4) is 0 Å². The number of rotatable bonds is 4. The van der Waals surface area contributed by atoms with E-state index in [1.807, 2.05) is 13.8 Å². The molecule has 0 aliphatic heterocycles. The number of nitrogens with one attached hydrogen (secondary N) is 1. The second-order valence-electron chi connectivity index (χ2n) is 4.03. The number of nitrogens with two attached hydrogens (primary N) is 1. The van der Waals surface area contributed by atoms with Gasteiger partial charge >= 0.3 is 0 Å². The van der Waals surface area contributed by atoms with E-state index in [0.29, 0.717) is 0 Å². The Labute approximate surface area is 102 Å². The Morgan fingerprint density at radius 3 is 2.41 bits per heavy atom. The minimum atomic E-state index is -3.56. The number of sulfonamides is 1. The minimum absolute atomic E-state index is 0.102. The predicted octanol–water partition coefficient (Wildman–Crippen LogP) is 0.860. The van der Waals surface area contributed by atoms with Crippen LogP contribution in [0.2, 0.25) is 0 Å². The highest BCUT2D eigenvalue weighted by Gasteiger charge is 2.21. The molecule has 5 nitrogen and oxygen atoms in total. The van der Waals surface area contributed by atoms with Gasteiger partial charge in [-0.25, -0.2) is 8.42 Å². The number of hydrogen-bond acceptors (Lipinski definition) is 3. The van der Waals surface area contributed by atoms with Crippen molar-refractivity contribution in [2.24, 2.45) is 5.73 Å². The number of nitrogens with zero attached hydrogens (tertiary/aromatic N) is 1. The fourth-order valence-corrected chi connectivity index (χ4v) is 2.61. The second-order valence-corrected chi connectivity index (χ2v) is 6.08. The molecule has 0 aromatic heterocycles. The second kappa shape index (κ2) is 4.85. The van der Waals surface area contributed by atoms with Gasteiger partial charge in [0.15, 0.2) is 0 Å². The summed E-state index contributed by atoms with van der Waals surface area (Å²) in [4.78, 5) is 0.226. The van der Waals surface area contributed by atoms with Crippen LogP contribution in [0.25, 0.3) is 0 Å². The Morgan fingerprint density at radius 1 is 1.35 bits per heavy atom. The van der Waals surface area contributed by atoms with Crippen molar-refractivity contribution in [1.29, 1.82) is 5.41 Å². The first-order chi connectivity index (χ1) is 7.75. The summed E-state index contributed by atoms with van der Waals surface area (Å²) in [6, 6.07) is 4.96. The fraction of sp³-hybridized carbons (Fsp3) is 0.364. The third kappa shape index (κ3) is 3.04. The van der Waals surface area contributed by atoms with Gasteiger partial charge in [0, 0.05) is 7.05 Å². The van der Waals surface area contributed by atoms with E-state index in [-0.39, 0.29) is 17.3 Å². The first-order valence-electron chi connectivity index (χ1n) is 5.11. The predicted molar refractivity (Wildman–Crippen MR) is 67.6 cm³/mol. The number of hydrogen-bond donors (Lipinski definition) is 2. The highest BCUT2D eigenvalue weighted by atomic mass is 32.2. The average molecular weight is 255 g/mol. The summed E-state index contributed by atoms with van der Waals surface area (Å²) in [6.07, 6.45) is 0. The van der Waals surface area contributed by atoms with Crippen LogP contribution in [0.1, 0.15) is 11.1 Å². The van der Waals surface area contributed by atoms with E-state index in [1.165, 1.54) is 7.05 Å². The zero-order chi connectivity index (χ0) is 13.2. The van der Waals surface area contributed by atoms with Gasteiger partial charge in [-0.3, -0.25) is 5.41 Å². The fourth-order valence-electron chi connectivity index (χ4n) is 1.38. The molecule has 0 bridgehead atoms. The smallest absolute Gasteiger partial charge is 0.243 e. The molecule has 1 aromatic carbocycles. The molecule has 0 fully saturated rings. The van der Waals surface area contributed by atoms with Gasteiger partial charge in [-0.1, -0.05) is 6.07 Å². The van der Waals surface area contributed by atoms with Crippen LogP contribution in [0.4, 0.5) is 0 Å². The number of amidine groups is 1. The molecule has 1 rings (SSSR count). The quantitative estimate of drug-likeness (QED) is 0.618. The molecule has 0 saturated carbocycles. The van der Waals surface area contributed by atoms with Gasteiger partial charge in [-0.05, 0) is 37.1 Å². The lowest BCUT2D eigenvalue weighted by Crippen LogP contribution is -2.35. The van der Waals surface area contributed by atoms with Crippen molar-refractivity contribution in [2.75, 3.05) is 13.6 Å². The van der Waals surface area contributed by atoms with Crippen LogP contribution in [-0.2, 0) is 10.0 Å². The Hall–Kier alpha value is -1.40. The van der Waals surface area contributed by atoms with E-state index < -0.39 is 10.0 Å². The summed E-state index contributed by atoms with van der Waals surface area (Å²) in [7, 11) is -2.15. The number of aryl methyl sites for hydroxylation is 2. The molecule has 0 unspecified atom stereocenters.